The number of aromatic nitrogens is 1. The molecule has 0 saturated heterocycles. The van der Waals surface area contributed by atoms with E-state index >= 15 is 0 Å². The van der Waals surface area contributed by atoms with Crippen LogP contribution in [0, 0.1) is 0 Å². The fraction of sp³-hybridized carbons (Fsp3) is 0.250. The Bertz CT molecular complexity index is 511. The highest BCUT2D eigenvalue weighted by Crippen LogP contribution is 2.34. The zero-order valence-electron chi connectivity index (χ0n) is 9.77. The normalized spacial score (nSPS) is 10.3. The summed E-state index contributed by atoms with van der Waals surface area (Å²) in [5.41, 5.74) is 7.40. The molecule has 0 aliphatic carbocycles. The van der Waals surface area contributed by atoms with Crippen molar-refractivity contribution in [3.63, 3.8) is 0 Å². The van der Waals surface area contributed by atoms with Gasteiger partial charge in [-0.3, -0.25) is 0 Å². The Balaban J connectivity index is 2.43. The monoisotopic (exact) mass is 250 g/mol. The summed E-state index contributed by atoms with van der Waals surface area (Å²) in [6.07, 6.45) is 0. The van der Waals surface area contributed by atoms with Crippen LogP contribution in [0.4, 0.5) is 0 Å². The number of hydrogen-bond donors (Lipinski definition) is 1. The van der Waals surface area contributed by atoms with Gasteiger partial charge in [0.25, 0.3) is 0 Å². The van der Waals surface area contributed by atoms with Gasteiger partial charge >= 0.3 is 0 Å². The minimum atomic E-state index is 0.453. The van der Waals surface area contributed by atoms with Gasteiger partial charge in [-0.25, -0.2) is 4.98 Å². The Hall–Kier alpha value is -1.59. The number of nitrogens with zero attached hydrogens (tertiary/aromatic N) is 1. The lowest BCUT2D eigenvalue weighted by Gasteiger charge is -2.08. The van der Waals surface area contributed by atoms with E-state index in [1.54, 1.807) is 25.6 Å². The fourth-order valence-electron chi connectivity index (χ4n) is 1.50. The van der Waals surface area contributed by atoms with Gasteiger partial charge in [-0.2, -0.15) is 0 Å². The van der Waals surface area contributed by atoms with Gasteiger partial charge in [0, 0.05) is 18.0 Å². The minimum absolute atomic E-state index is 0.453. The average Bonchev–Trinajstić information content (AvgIpc) is 2.86. The number of nitrogens with two attached hydrogens (primary N) is 1. The summed E-state index contributed by atoms with van der Waals surface area (Å²) in [5.74, 6) is 1.52. The summed E-state index contributed by atoms with van der Waals surface area (Å²) < 4.78 is 10.5. The molecule has 0 aliphatic rings. The van der Waals surface area contributed by atoms with Crippen LogP contribution in [0.3, 0.4) is 0 Å². The summed E-state index contributed by atoms with van der Waals surface area (Å²) in [4.78, 5) is 4.44. The molecule has 2 rings (SSSR count). The molecule has 1 heterocycles. The van der Waals surface area contributed by atoms with Gasteiger partial charge < -0.3 is 15.2 Å². The molecule has 0 saturated carbocycles. The maximum absolute atomic E-state index is 5.55. The van der Waals surface area contributed by atoms with E-state index < -0.39 is 0 Å². The molecule has 4 nitrogen and oxygen atoms in total. The highest BCUT2D eigenvalue weighted by molar-refractivity contribution is 7.13. The van der Waals surface area contributed by atoms with Crippen LogP contribution in [0.5, 0.6) is 11.5 Å². The number of benzene rings is 1. The smallest absolute Gasteiger partial charge is 0.132 e. The third-order valence-electron chi connectivity index (χ3n) is 2.40. The SMILES string of the molecule is COc1ccc(-c2nc(CN)cs2)c(OC)c1. The first kappa shape index (κ1) is 11.9. The van der Waals surface area contributed by atoms with Gasteiger partial charge in [0.2, 0.25) is 0 Å². The van der Waals surface area contributed by atoms with Crippen LogP contribution in [0.15, 0.2) is 23.6 Å². The summed E-state index contributed by atoms with van der Waals surface area (Å²) in [7, 11) is 3.26. The van der Waals surface area contributed by atoms with E-state index in [1.165, 1.54) is 0 Å². The molecule has 0 amide bonds. The summed E-state index contributed by atoms with van der Waals surface area (Å²) in [6, 6.07) is 5.68. The fourth-order valence-corrected chi connectivity index (χ4v) is 2.36. The van der Waals surface area contributed by atoms with Crippen molar-refractivity contribution in [2.24, 2.45) is 5.73 Å². The van der Waals surface area contributed by atoms with Crippen molar-refractivity contribution in [2.45, 2.75) is 6.54 Å². The van der Waals surface area contributed by atoms with E-state index in [4.69, 9.17) is 15.2 Å². The third kappa shape index (κ3) is 2.40. The van der Waals surface area contributed by atoms with Crippen molar-refractivity contribution >= 4 is 11.3 Å². The predicted molar refractivity (Wildman–Crippen MR) is 68.5 cm³/mol. The molecule has 2 aromatic rings. The topological polar surface area (TPSA) is 57.4 Å². The number of methoxy groups -OCH3 is 2. The Morgan fingerprint density at radius 1 is 1.29 bits per heavy atom. The van der Waals surface area contributed by atoms with Crippen molar-refractivity contribution < 1.29 is 9.47 Å². The van der Waals surface area contributed by atoms with E-state index in [2.05, 4.69) is 4.98 Å². The zero-order valence-corrected chi connectivity index (χ0v) is 10.6. The molecule has 0 spiro atoms. The van der Waals surface area contributed by atoms with Crippen LogP contribution < -0.4 is 15.2 Å². The zero-order chi connectivity index (χ0) is 12.3. The molecule has 0 bridgehead atoms. The molecule has 2 N–H and O–H groups in total. The largest absolute Gasteiger partial charge is 0.497 e. The lowest BCUT2D eigenvalue weighted by molar-refractivity contribution is 0.395. The van der Waals surface area contributed by atoms with Crippen LogP contribution in [0.2, 0.25) is 0 Å². The van der Waals surface area contributed by atoms with Gasteiger partial charge in [-0.05, 0) is 12.1 Å². The van der Waals surface area contributed by atoms with Gasteiger partial charge in [-0.1, -0.05) is 0 Å². The second kappa shape index (κ2) is 5.16. The second-order valence-electron chi connectivity index (χ2n) is 3.41. The molecule has 0 aliphatic heterocycles. The molecular formula is C12H14N2O2S. The third-order valence-corrected chi connectivity index (χ3v) is 3.32. The first-order valence-corrected chi connectivity index (χ1v) is 6.03. The van der Waals surface area contributed by atoms with Crippen molar-refractivity contribution in [3.05, 3.63) is 29.3 Å². The van der Waals surface area contributed by atoms with Crippen LogP contribution in [0.1, 0.15) is 5.69 Å². The number of hydrogen-bond acceptors (Lipinski definition) is 5. The van der Waals surface area contributed by atoms with Crippen LogP contribution in [-0.4, -0.2) is 19.2 Å². The number of ether oxygens (including phenoxy) is 2. The summed E-state index contributed by atoms with van der Waals surface area (Å²) in [6.45, 7) is 0.453. The first-order chi connectivity index (χ1) is 8.28. The van der Waals surface area contributed by atoms with E-state index in [9.17, 15) is 0 Å². The van der Waals surface area contributed by atoms with Gasteiger partial charge in [0.15, 0.2) is 0 Å². The highest BCUT2D eigenvalue weighted by Gasteiger charge is 2.10. The Labute approximate surface area is 104 Å². The summed E-state index contributed by atoms with van der Waals surface area (Å²) in [5, 5.41) is 2.86. The maximum atomic E-state index is 5.55. The van der Waals surface area contributed by atoms with E-state index in [-0.39, 0.29) is 0 Å². The van der Waals surface area contributed by atoms with Crippen molar-refractivity contribution in [1.29, 1.82) is 0 Å². The predicted octanol–water partition coefficient (Wildman–Crippen LogP) is 2.29. The minimum Gasteiger partial charge on any atom is -0.497 e. The standard InChI is InChI=1S/C12H14N2O2S/c1-15-9-3-4-10(11(5-9)16-2)12-14-8(6-13)7-17-12/h3-5,7H,6,13H2,1-2H3. The number of thiazole rings is 1. The molecule has 0 atom stereocenters. The first-order valence-electron chi connectivity index (χ1n) is 5.15. The van der Waals surface area contributed by atoms with Crippen molar-refractivity contribution in [1.82, 2.24) is 4.98 Å². The van der Waals surface area contributed by atoms with Crippen LogP contribution in [0.25, 0.3) is 10.6 Å². The van der Waals surface area contributed by atoms with Crippen molar-refractivity contribution in [2.75, 3.05) is 14.2 Å². The van der Waals surface area contributed by atoms with Crippen LogP contribution >= 0.6 is 11.3 Å². The van der Waals surface area contributed by atoms with Crippen LogP contribution in [-0.2, 0) is 6.54 Å². The van der Waals surface area contributed by atoms with E-state index in [0.29, 0.717) is 6.54 Å². The Kier molecular flexibility index (Phi) is 3.61. The quantitative estimate of drug-likeness (QED) is 0.904. The Morgan fingerprint density at radius 2 is 2.12 bits per heavy atom. The van der Waals surface area contributed by atoms with E-state index in [1.807, 2.05) is 23.6 Å². The maximum Gasteiger partial charge on any atom is 0.132 e. The second-order valence-corrected chi connectivity index (χ2v) is 4.27. The molecule has 0 fully saturated rings. The molecule has 17 heavy (non-hydrogen) atoms. The molecule has 90 valence electrons. The highest BCUT2D eigenvalue weighted by atomic mass is 32.1. The summed E-state index contributed by atoms with van der Waals surface area (Å²) >= 11 is 1.56. The number of rotatable bonds is 4. The van der Waals surface area contributed by atoms with E-state index in [0.717, 1.165) is 27.8 Å². The molecule has 5 heteroatoms. The van der Waals surface area contributed by atoms with Gasteiger partial charge in [0.05, 0.1) is 25.5 Å². The average molecular weight is 250 g/mol. The molecule has 1 aromatic heterocycles. The molecule has 0 radical (unpaired) electrons. The molecule has 1 aromatic carbocycles. The van der Waals surface area contributed by atoms with Crippen molar-refractivity contribution in [3.8, 4) is 22.1 Å². The Morgan fingerprint density at radius 3 is 2.71 bits per heavy atom. The van der Waals surface area contributed by atoms with Gasteiger partial charge in [0.1, 0.15) is 16.5 Å². The van der Waals surface area contributed by atoms with Gasteiger partial charge in [-0.15, -0.1) is 11.3 Å². The lowest BCUT2D eigenvalue weighted by atomic mass is 10.2. The lowest BCUT2D eigenvalue weighted by Crippen LogP contribution is -1.96. The molecule has 0 unspecified atom stereocenters. The molecular weight excluding hydrogens is 236 g/mol.